The minimum Gasteiger partial charge on any atom is -0.368 e. The van der Waals surface area contributed by atoms with E-state index in [0.29, 0.717) is 12.1 Å². The summed E-state index contributed by atoms with van der Waals surface area (Å²) in [6.07, 6.45) is 6.40. The van der Waals surface area contributed by atoms with Crippen LogP contribution in [0.1, 0.15) is 38.5 Å². The molecule has 0 saturated heterocycles. The van der Waals surface area contributed by atoms with Crippen LogP contribution in [0.4, 0.5) is 0 Å². The van der Waals surface area contributed by atoms with Crippen LogP contribution in [0.5, 0.6) is 0 Å². The van der Waals surface area contributed by atoms with Gasteiger partial charge in [-0.2, -0.15) is 0 Å². The number of hydrogen-bond acceptors (Lipinski definition) is 4. The Labute approximate surface area is 122 Å². The molecule has 0 spiro atoms. The van der Waals surface area contributed by atoms with Gasteiger partial charge >= 0.3 is 0 Å². The third kappa shape index (κ3) is 3.93. The SMILES string of the molecule is CN(C)CCN(C)C1CCCC(NC2CC2)(C(N)=O)C1. The molecule has 5 heteroatoms. The van der Waals surface area contributed by atoms with E-state index in [0.717, 1.165) is 32.4 Å². The first kappa shape index (κ1) is 15.7. The maximum absolute atomic E-state index is 12.0. The van der Waals surface area contributed by atoms with Gasteiger partial charge in [0.2, 0.25) is 5.91 Å². The topological polar surface area (TPSA) is 61.6 Å². The molecule has 0 heterocycles. The van der Waals surface area contributed by atoms with Crippen molar-refractivity contribution in [3.8, 4) is 0 Å². The van der Waals surface area contributed by atoms with Gasteiger partial charge < -0.3 is 20.9 Å². The van der Waals surface area contributed by atoms with Gasteiger partial charge in [0.15, 0.2) is 0 Å². The molecule has 5 nitrogen and oxygen atoms in total. The molecule has 2 fully saturated rings. The van der Waals surface area contributed by atoms with Gasteiger partial charge in [-0.05, 0) is 59.7 Å². The van der Waals surface area contributed by atoms with Crippen molar-refractivity contribution in [2.45, 2.75) is 56.1 Å². The van der Waals surface area contributed by atoms with Gasteiger partial charge in [-0.3, -0.25) is 4.79 Å². The van der Waals surface area contributed by atoms with E-state index in [1.165, 1.54) is 19.3 Å². The first-order valence-corrected chi connectivity index (χ1v) is 7.85. The van der Waals surface area contributed by atoms with Crippen LogP contribution in [0.2, 0.25) is 0 Å². The van der Waals surface area contributed by atoms with Crippen molar-refractivity contribution in [3.63, 3.8) is 0 Å². The summed E-state index contributed by atoms with van der Waals surface area (Å²) in [6.45, 7) is 2.09. The lowest BCUT2D eigenvalue weighted by Crippen LogP contribution is -2.61. The fourth-order valence-electron chi connectivity index (χ4n) is 3.21. The van der Waals surface area contributed by atoms with Crippen LogP contribution in [0.3, 0.4) is 0 Å². The molecular formula is C15H30N4O. The normalized spacial score (nSPS) is 30.9. The van der Waals surface area contributed by atoms with Crippen molar-refractivity contribution in [1.82, 2.24) is 15.1 Å². The Kier molecular flexibility index (Phi) is 5.04. The van der Waals surface area contributed by atoms with Gasteiger partial charge in [-0.25, -0.2) is 0 Å². The number of carbonyl (C=O) groups is 1. The Morgan fingerprint density at radius 1 is 1.25 bits per heavy atom. The molecule has 2 rings (SSSR count). The molecule has 0 aromatic carbocycles. The average molecular weight is 282 g/mol. The van der Waals surface area contributed by atoms with E-state index < -0.39 is 5.54 Å². The van der Waals surface area contributed by atoms with E-state index in [9.17, 15) is 4.79 Å². The number of nitrogens with one attached hydrogen (secondary N) is 1. The Morgan fingerprint density at radius 3 is 2.50 bits per heavy atom. The van der Waals surface area contributed by atoms with E-state index in [2.05, 4.69) is 36.3 Å². The number of amides is 1. The first-order chi connectivity index (χ1) is 9.43. The third-order valence-electron chi connectivity index (χ3n) is 4.78. The van der Waals surface area contributed by atoms with Crippen LogP contribution in [0.15, 0.2) is 0 Å². The van der Waals surface area contributed by atoms with Crippen LogP contribution >= 0.6 is 0 Å². The largest absolute Gasteiger partial charge is 0.368 e. The Bertz CT molecular complexity index is 343. The summed E-state index contributed by atoms with van der Waals surface area (Å²) in [5.41, 5.74) is 5.27. The van der Waals surface area contributed by atoms with Gasteiger partial charge in [-0.1, -0.05) is 0 Å². The van der Waals surface area contributed by atoms with E-state index in [1.807, 2.05) is 0 Å². The summed E-state index contributed by atoms with van der Waals surface area (Å²) in [5.74, 6) is -0.157. The van der Waals surface area contributed by atoms with Crippen LogP contribution in [-0.4, -0.2) is 67.6 Å². The Balaban J connectivity index is 1.95. The minimum atomic E-state index is -0.462. The summed E-state index contributed by atoms with van der Waals surface area (Å²) in [6, 6.07) is 0.982. The van der Waals surface area contributed by atoms with Gasteiger partial charge in [-0.15, -0.1) is 0 Å². The zero-order valence-corrected chi connectivity index (χ0v) is 13.2. The smallest absolute Gasteiger partial charge is 0.237 e. The molecule has 2 atom stereocenters. The number of likely N-dealkylation sites (N-methyl/N-ethyl adjacent to an activating group) is 2. The quantitative estimate of drug-likeness (QED) is 0.709. The zero-order chi connectivity index (χ0) is 14.8. The maximum Gasteiger partial charge on any atom is 0.237 e. The Morgan fingerprint density at radius 2 is 1.95 bits per heavy atom. The van der Waals surface area contributed by atoms with E-state index >= 15 is 0 Å². The van der Waals surface area contributed by atoms with Crippen molar-refractivity contribution in [2.75, 3.05) is 34.2 Å². The number of nitrogens with two attached hydrogens (primary N) is 1. The monoisotopic (exact) mass is 282 g/mol. The summed E-state index contributed by atoms with van der Waals surface area (Å²) in [7, 11) is 6.36. The van der Waals surface area contributed by atoms with E-state index in [-0.39, 0.29) is 5.91 Å². The molecule has 0 aromatic rings. The summed E-state index contributed by atoms with van der Waals surface area (Å²) >= 11 is 0. The maximum atomic E-state index is 12.0. The fourth-order valence-corrected chi connectivity index (χ4v) is 3.21. The summed E-state index contributed by atoms with van der Waals surface area (Å²) < 4.78 is 0. The van der Waals surface area contributed by atoms with Gasteiger partial charge in [0, 0.05) is 25.2 Å². The van der Waals surface area contributed by atoms with E-state index in [4.69, 9.17) is 5.73 Å². The highest BCUT2D eigenvalue weighted by Gasteiger charge is 2.45. The zero-order valence-electron chi connectivity index (χ0n) is 13.2. The molecule has 0 bridgehead atoms. The molecule has 0 radical (unpaired) electrons. The van der Waals surface area contributed by atoms with E-state index in [1.54, 1.807) is 0 Å². The van der Waals surface area contributed by atoms with Crippen LogP contribution in [-0.2, 0) is 4.79 Å². The predicted molar refractivity (Wildman–Crippen MR) is 81.5 cm³/mol. The molecular weight excluding hydrogens is 252 g/mol. The van der Waals surface area contributed by atoms with Crippen molar-refractivity contribution < 1.29 is 4.79 Å². The molecule has 2 unspecified atom stereocenters. The van der Waals surface area contributed by atoms with Crippen LogP contribution < -0.4 is 11.1 Å². The third-order valence-corrected chi connectivity index (χ3v) is 4.78. The predicted octanol–water partition coefficient (Wildman–Crippen LogP) is 0.399. The molecule has 116 valence electrons. The van der Waals surface area contributed by atoms with Gasteiger partial charge in [0.05, 0.1) is 5.54 Å². The Hall–Kier alpha value is -0.650. The second kappa shape index (κ2) is 6.41. The van der Waals surface area contributed by atoms with Gasteiger partial charge in [0.25, 0.3) is 0 Å². The number of carbonyl (C=O) groups excluding carboxylic acids is 1. The summed E-state index contributed by atoms with van der Waals surface area (Å²) in [4.78, 5) is 16.6. The molecule has 0 aromatic heterocycles. The van der Waals surface area contributed by atoms with Crippen LogP contribution in [0, 0.1) is 0 Å². The molecule has 2 saturated carbocycles. The standard InChI is InChI=1S/C15H30N4O/c1-18(2)9-10-19(3)13-5-4-8-15(11-13,14(16)20)17-12-6-7-12/h12-13,17H,4-11H2,1-3H3,(H2,16,20). The molecule has 2 aliphatic rings. The molecule has 0 aliphatic heterocycles. The average Bonchev–Trinajstić information content (AvgIpc) is 3.19. The van der Waals surface area contributed by atoms with Crippen molar-refractivity contribution in [2.24, 2.45) is 5.73 Å². The summed E-state index contributed by atoms with van der Waals surface area (Å²) in [5, 5.41) is 3.54. The second-order valence-electron chi connectivity index (χ2n) is 6.90. The van der Waals surface area contributed by atoms with Crippen LogP contribution in [0.25, 0.3) is 0 Å². The lowest BCUT2D eigenvalue weighted by atomic mass is 9.77. The highest BCUT2D eigenvalue weighted by molar-refractivity contribution is 5.85. The lowest BCUT2D eigenvalue weighted by Gasteiger charge is -2.43. The highest BCUT2D eigenvalue weighted by atomic mass is 16.1. The lowest BCUT2D eigenvalue weighted by molar-refractivity contribution is -0.126. The number of hydrogen-bond donors (Lipinski definition) is 2. The first-order valence-electron chi connectivity index (χ1n) is 7.85. The van der Waals surface area contributed by atoms with Crippen molar-refractivity contribution in [3.05, 3.63) is 0 Å². The number of rotatable bonds is 7. The molecule has 3 N–H and O–H groups in total. The molecule has 1 amide bonds. The number of nitrogens with zero attached hydrogens (tertiary/aromatic N) is 2. The number of primary amides is 1. The highest BCUT2D eigenvalue weighted by Crippen LogP contribution is 2.34. The molecule has 2 aliphatic carbocycles. The molecule has 20 heavy (non-hydrogen) atoms. The van der Waals surface area contributed by atoms with Crippen molar-refractivity contribution in [1.29, 1.82) is 0 Å². The van der Waals surface area contributed by atoms with Crippen molar-refractivity contribution >= 4 is 5.91 Å². The second-order valence-corrected chi connectivity index (χ2v) is 6.90. The fraction of sp³-hybridized carbons (Fsp3) is 0.933. The van der Waals surface area contributed by atoms with Gasteiger partial charge in [0.1, 0.15) is 0 Å². The minimum absolute atomic E-state index is 0.157.